The van der Waals surface area contributed by atoms with Crippen molar-refractivity contribution in [2.75, 3.05) is 0 Å². The van der Waals surface area contributed by atoms with Crippen molar-refractivity contribution in [3.8, 4) is 0 Å². The molecule has 1 aromatic carbocycles. The van der Waals surface area contributed by atoms with Crippen LogP contribution in [0.25, 0.3) is 0 Å². The Morgan fingerprint density at radius 2 is 1.94 bits per heavy atom. The Kier molecular flexibility index (Phi) is 3.80. The molecule has 0 saturated heterocycles. The van der Waals surface area contributed by atoms with Gasteiger partial charge in [-0.05, 0) is 57.0 Å². The van der Waals surface area contributed by atoms with E-state index in [0.29, 0.717) is 9.35 Å². The van der Waals surface area contributed by atoms with Crippen LogP contribution in [0, 0.1) is 12.7 Å². The second kappa shape index (κ2) is 5.00. The Hall–Kier alpha value is -0.520. The predicted molar refractivity (Wildman–Crippen MR) is 74.3 cm³/mol. The molecule has 0 saturated carbocycles. The fourth-order valence-corrected chi connectivity index (χ4v) is 4.25. The van der Waals surface area contributed by atoms with E-state index in [1.807, 2.05) is 6.92 Å². The molecule has 0 radical (unpaired) electrons. The molecule has 0 atom stereocenters. The number of hydrogen-bond acceptors (Lipinski definition) is 2. The van der Waals surface area contributed by atoms with Crippen LogP contribution in [0.4, 0.5) is 4.39 Å². The van der Waals surface area contributed by atoms with Gasteiger partial charge in [-0.3, -0.25) is 4.79 Å². The van der Waals surface area contributed by atoms with E-state index in [0.717, 1.165) is 9.35 Å². The minimum absolute atomic E-state index is 0.107. The number of hydrogen-bond donors (Lipinski definition) is 0. The highest BCUT2D eigenvalue weighted by atomic mass is 79.9. The van der Waals surface area contributed by atoms with Crippen LogP contribution in [0.1, 0.15) is 21.5 Å². The number of thiophene rings is 1. The summed E-state index contributed by atoms with van der Waals surface area (Å²) in [5, 5.41) is 0. The molecule has 0 aliphatic heterocycles. The van der Waals surface area contributed by atoms with Crippen LogP contribution in [-0.2, 0) is 0 Å². The molecule has 0 aliphatic carbocycles. The third-order valence-corrected chi connectivity index (χ3v) is 4.61. The Bertz CT molecular complexity index is 592. The maximum atomic E-state index is 13.6. The first-order valence-electron chi connectivity index (χ1n) is 4.74. The third kappa shape index (κ3) is 2.67. The van der Waals surface area contributed by atoms with Gasteiger partial charge in [-0.25, -0.2) is 4.39 Å². The summed E-state index contributed by atoms with van der Waals surface area (Å²) < 4.78 is 15.1. The maximum Gasteiger partial charge on any atom is 0.198 e. The molecule has 0 spiro atoms. The van der Waals surface area contributed by atoms with Crippen molar-refractivity contribution in [1.82, 2.24) is 0 Å². The van der Waals surface area contributed by atoms with Crippen LogP contribution in [0.5, 0.6) is 0 Å². The van der Waals surface area contributed by atoms with Crippen LogP contribution < -0.4 is 0 Å². The highest BCUT2D eigenvalue weighted by molar-refractivity contribution is 9.12. The number of benzene rings is 1. The van der Waals surface area contributed by atoms with E-state index in [-0.39, 0.29) is 11.3 Å². The molecule has 17 heavy (non-hydrogen) atoms. The number of rotatable bonds is 2. The van der Waals surface area contributed by atoms with Gasteiger partial charge in [-0.15, -0.1) is 11.3 Å². The van der Waals surface area contributed by atoms with Crippen LogP contribution in [0.3, 0.4) is 0 Å². The van der Waals surface area contributed by atoms with E-state index in [4.69, 9.17) is 0 Å². The van der Waals surface area contributed by atoms with Gasteiger partial charge in [0, 0.05) is 5.56 Å². The van der Waals surface area contributed by atoms with Gasteiger partial charge < -0.3 is 0 Å². The molecule has 1 heterocycles. The number of ketones is 1. The summed E-state index contributed by atoms with van der Waals surface area (Å²) in [5.74, 6) is -0.796. The molecule has 0 N–H and O–H groups in total. The normalized spacial score (nSPS) is 10.6. The fraction of sp³-hybridized carbons (Fsp3) is 0.0833. The van der Waals surface area contributed by atoms with Crippen molar-refractivity contribution < 1.29 is 9.18 Å². The van der Waals surface area contributed by atoms with Gasteiger partial charge in [0.05, 0.1) is 13.1 Å². The first kappa shape index (κ1) is 12.9. The quantitative estimate of drug-likeness (QED) is 0.676. The standard InChI is InChI=1S/C12H7Br2FOS/c1-6-2-3-9(15)7(4-6)11(16)8-5-10(13)17-12(8)14/h2-5H,1H3. The zero-order chi connectivity index (χ0) is 12.6. The monoisotopic (exact) mass is 376 g/mol. The maximum absolute atomic E-state index is 13.6. The fourth-order valence-electron chi connectivity index (χ4n) is 1.45. The summed E-state index contributed by atoms with van der Waals surface area (Å²) in [6, 6.07) is 6.22. The van der Waals surface area contributed by atoms with Gasteiger partial charge in [0.2, 0.25) is 0 Å². The summed E-state index contributed by atoms with van der Waals surface area (Å²) in [6.07, 6.45) is 0. The molecule has 0 aliphatic rings. The van der Waals surface area contributed by atoms with Crippen LogP contribution in [-0.4, -0.2) is 5.78 Å². The molecule has 5 heteroatoms. The highest BCUT2D eigenvalue weighted by Gasteiger charge is 2.18. The zero-order valence-corrected chi connectivity index (χ0v) is 12.7. The Morgan fingerprint density at radius 1 is 1.24 bits per heavy atom. The van der Waals surface area contributed by atoms with E-state index >= 15 is 0 Å². The lowest BCUT2D eigenvalue weighted by atomic mass is 10.0. The largest absolute Gasteiger partial charge is 0.288 e. The van der Waals surface area contributed by atoms with E-state index in [9.17, 15) is 9.18 Å². The summed E-state index contributed by atoms with van der Waals surface area (Å²) in [4.78, 5) is 12.2. The lowest BCUT2D eigenvalue weighted by Gasteiger charge is -2.02. The molecule has 88 valence electrons. The summed E-state index contributed by atoms with van der Waals surface area (Å²) >= 11 is 7.99. The highest BCUT2D eigenvalue weighted by Crippen LogP contribution is 2.33. The molecule has 1 aromatic heterocycles. The Labute approximate surface area is 119 Å². The van der Waals surface area contributed by atoms with Crippen LogP contribution >= 0.6 is 43.2 Å². The molecule has 2 aromatic rings. The van der Waals surface area contributed by atoms with Gasteiger partial charge in [-0.1, -0.05) is 11.6 Å². The van der Waals surface area contributed by atoms with E-state index in [2.05, 4.69) is 31.9 Å². The predicted octanol–water partition coefficient (Wildman–Crippen LogP) is 4.95. The lowest BCUT2D eigenvalue weighted by molar-refractivity contribution is 0.103. The van der Waals surface area contributed by atoms with Gasteiger partial charge in [0.25, 0.3) is 0 Å². The molecule has 0 bridgehead atoms. The van der Waals surface area contributed by atoms with Crippen molar-refractivity contribution in [3.05, 3.63) is 54.3 Å². The molecule has 0 amide bonds. The molecule has 2 rings (SSSR count). The number of aryl methyl sites for hydroxylation is 1. The molecule has 0 fully saturated rings. The van der Waals surface area contributed by atoms with Gasteiger partial charge >= 0.3 is 0 Å². The Balaban J connectivity index is 2.50. The SMILES string of the molecule is Cc1ccc(F)c(C(=O)c2cc(Br)sc2Br)c1. The van der Waals surface area contributed by atoms with E-state index in [1.54, 1.807) is 18.2 Å². The lowest BCUT2D eigenvalue weighted by Crippen LogP contribution is -2.04. The van der Waals surface area contributed by atoms with Gasteiger partial charge in [0.15, 0.2) is 5.78 Å². The van der Waals surface area contributed by atoms with Crippen molar-refractivity contribution in [3.63, 3.8) is 0 Å². The first-order chi connectivity index (χ1) is 7.99. The summed E-state index contributed by atoms with van der Waals surface area (Å²) in [7, 11) is 0. The minimum atomic E-state index is -0.491. The summed E-state index contributed by atoms with van der Waals surface area (Å²) in [5.41, 5.74) is 1.45. The van der Waals surface area contributed by atoms with Gasteiger partial charge in [0.1, 0.15) is 5.82 Å². The number of halogens is 3. The third-order valence-electron chi connectivity index (χ3n) is 2.27. The molecule has 0 unspecified atom stereocenters. The Morgan fingerprint density at radius 3 is 2.53 bits per heavy atom. The second-order valence-electron chi connectivity index (χ2n) is 3.55. The number of carbonyl (C=O) groups is 1. The molecular formula is C12H7Br2FOS. The molecule has 1 nitrogen and oxygen atoms in total. The first-order valence-corrected chi connectivity index (χ1v) is 7.15. The second-order valence-corrected chi connectivity index (χ2v) is 7.30. The van der Waals surface area contributed by atoms with Crippen LogP contribution in [0.2, 0.25) is 0 Å². The minimum Gasteiger partial charge on any atom is -0.288 e. The van der Waals surface area contributed by atoms with Crippen LogP contribution in [0.15, 0.2) is 31.8 Å². The van der Waals surface area contributed by atoms with E-state index < -0.39 is 5.82 Å². The number of carbonyl (C=O) groups excluding carboxylic acids is 1. The van der Waals surface area contributed by atoms with Crippen molar-refractivity contribution in [1.29, 1.82) is 0 Å². The molecular weight excluding hydrogens is 371 g/mol. The van der Waals surface area contributed by atoms with Gasteiger partial charge in [-0.2, -0.15) is 0 Å². The summed E-state index contributed by atoms with van der Waals surface area (Å²) in [6.45, 7) is 1.83. The zero-order valence-electron chi connectivity index (χ0n) is 8.76. The smallest absolute Gasteiger partial charge is 0.198 e. The topological polar surface area (TPSA) is 17.1 Å². The van der Waals surface area contributed by atoms with E-state index in [1.165, 1.54) is 17.4 Å². The average molecular weight is 378 g/mol. The van der Waals surface area contributed by atoms with Crippen molar-refractivity contribution in [2.24, 2.45) is 0 Å². The average Bonchev–Trinajstić information content (AvgIpc) is 2.60. The van der Waals surface area contributed by atoms with Crippen molar-refractivity contribution >= 4 is 49.0 Å². The van der Waals surface area contributed by atoms with Crippen molar-refractivity contribution in [2.45, 2.75) is 6.92 Å².